The maximum atomic E-state index is 12.3. The van der Waals surface area contributed by atoms with Crippen LogP contribution in [0.1, 0.15) is 27.5 Å². The number of aromatic nitrogens is 2. The average Bonchev–Trinajstić information content (AvgIpc) is 3.28. The molecule has 5 nitrogen and oxygen atoms in total. The zero-order valence-electron chi connectivity index (χ0n) is 14.9. The van der Waals surface area contributed by atoms with Crippen molar-refractivity contribution >= 4 is 28.2 Å². The van der Waals surface area contributed by atoms with Crippen LogP contribution in [0.25, 0.3) is 11.0 Å². The molecule has 0 aliphatic carbocycles. The normalized spacial score (nSPS) is 11.0. The maximum absolute atomic E-state index is 12.3. The Kier molecular flexibility index (Phi) is 4.98. The van der Waals surface area contributed by atoms with Gasteiger partial charge >= 0.3 is 0 Å². The highest BCUT2D eigenvalue weighted by atomic mass is 32.1. The summed E-state index contributed by atoms with van der Waals surface area (Å²) in [6.07, 6.45) is 1.00. The maximum Gasteiger partial charge on any atom is 0.226 e. The third-order valence-corrected chi connectivity index (χ3v) is 5.19. The predicted octanol–water partition coefficient (Wildman–Crippen LogP) is 4.04. The molecule has 0 saturated carbocycles. The molecule has 0 radical (unpaired) electrons. The second-order valence-electron chi connectivity index (χ2n) is 6.48. The first-order valence-electron chi connectivity index (χ1n) is 8.76. The molecule has 2 aromatic heterocycles. The lowest BCUT2D eigenvalue weighted by atomic mass is 10.1. The van der Waals surface area contributed by atoms with E-state index < -0.39 is 0 Å². The summed E-state index contributed by atoms with van der Waals surface area (Å²) in [6, 6.07) is 16.1. The van der Waals surface area contributed by atoms with E-state index in [1.54, 1.807) is 11.3 Å². The lowest BCUT2D eigenvalue weighted by Gasteiger charge is -2.02. The van der Waals surface area contributed by atoms with Gasteiger partial charge in [0.2, 0.25) is 5.91 Å². The molecule has 0 aliphatic rings. The number of carbonyl (C=O) groups excluding carboxylic acids is 1. The molecule has 0 fully saturated rings. The minimum Gasteiger partial charge on any atom is -0.356 e. The van der Waals surface area contributed by atoms with Gasteiger partial charge in [-0.15, -0.1) is 11.3 Å². The van der Waals surface area contributed by atoms with Crippen LogP contribution in [0.2, 0.25) is 0 Å². The number of benzene rings is 2. The van der Waals surface area contributed by atoms with Crippen molar-refractivity contribution in [1.82, 2.24) is 15.5 Å². The van der Waals surface area contributed by atoms with Crippen molar-refractivity contribution in [1.29, 1.82) is 0 Å². The van der Waals surface area contributed by atoms with Crippen LogP contribution in [0.15, 0.2) is 58.4 Å². The number of hydrogen-bond acceptors (Lipinski definition) is 5. The molecule has 0 atom stereocenters. The van der Waals surface area contributed by atoms with Gasteiger partial charge in [-0.3, -0.25) is 4.79 Å². The first-order valence-corrected chi connectivity index (χ1v) is 9.64. The van der Waals surface area contributed by atoms with Crippen LogP contribution >= 0.6 is 11.3 Å². The molecule has 2 heterocycles. The fourth-order valence-corrected chi connectivity index (χ4v) is 3.74. The number of aryl methyl sites for hydroxylation is 1. The molecular weight excluding hydrogens is 358 g/mol. The highest BCUT2D eigenvalue weighted by Gasteiger charge is 2.13. The van der Waals surface area contributed by atoms with E-state index in [1.165, 1.54) is 5.56 Å². The fourth-order valence-electron chi connectivity index (χ4n) is 2.92. The molecule has 4 aromatic rings. The summed E-state index contributed by atoms with van der Waals surface area (Å²) in [5.41, 5.74) is 4.58. The van der Waals surface area contributed by atoms with E-state index >= 15 is 0 Å². The fraction of sp³-hybridized carbons (Fsp3) is 0.190. The van der Waals surface area contributed by atoms with Gasteiger partial charge in [0.05, 0.1) is 23.7 Å². The minimum atomic E-state index is -0.0932. The Morgan fingerprint density at radius 2 is 2.04 bits per heavy atom. The summed E-state index contributed by atoms with van der Waals surface area (Å²) < 4.78 is 5.29. The van der Waals surface area contributed by atoms with Gasteiger partial charge in [-0.05, 0) is 24.6 Å². The Hall–Kier alpha value is -2.99. The van der Waals surface area contributed by atoms with Crippen molar-refractivity contribution in [3.05, 3.63) is 81.4 Å². The molecule has 2 aromatic carbocycles. The van der Waals surface area contributed by atoms with E-state index in [9.17, 15) is 4.79 Å². The summed E-state index contributed by atoms with van der Waals surface area (Å²) >= 11 is 1.62. The highest BCUT2D eigenvalue weighted by molar-refractivity contribution is 7.09. The first kappa shape index (κ1) is 17.4. The van der Waals surface area contributed by atoms with E-state index in [0.717, 1.165) is 28.1 Å². The van der Waals surface area contributed by atoms with E-state index in [2.05, 4.69) is 27.6 Å². The van der Waals surface area contributed by atoms with Gasteiger partial charge in [0.25, 0.3) is 0 Å². The van der Waals surface area contributed by atoms with Crippen molar-refractivity contribution in [2.75, 3.05) is 0 Å². The third kappa shape index (κ3) is 4.23. The van der Waals surface area contributed by atoms with Crippen LogP contribution < -0.4 is 5.32 Å². The Morgan fingerprint density at radius 3 is 2.89 bits per heavy atom. The van der Waals surface area contributed by atoms with Crippen LogP contribution in [0.5, 0.6) is 0 Å². The van der Waals surface area contributed by atoms with Crippen molar-refractivity contribution in [2.45, 2.75) is 26.3 Å². The second-order valence-corrected chi connectivity index (χ2v) is 7.42. The van der Waals surface area contributed by atoms with Crippen molar-refractivity contribution in [2.24, 2.45) is 0 Å². The number of fused-ring (bicyclic) bond motifs is 1. The monoisotopic (exact) mass is 377 g/mol. The largest absolute Gasteiger partial charge is 0.356 e. The van der Waals surface area contributed by atoms with Gasteiger partial charge in [-0.1, -0.05) is 47.1 Å². The molecule has 27 heavy (non-hydrogen) atoms. The average molecular weight is 377 g/mol. The number of carbonyl (C=O) groups is 1. The lowest BCUT2D eigenvalue weighted by molar-refractivity contribution is -0.120. The van der Waals surface area contributed by atoms with Gasteiger partial charge in [-0.2, -0.15) is 0 Å². The van der Waals surface area contributed by atoms with Crippen LogP contribution in [0, 0.1) is 6.92 Å². The topological polar surface area (TPSA) is 68.0 Å². The molecule has 0 saturated heterocycles. The molecule has 136 valence electrons. The van der Waals surface area contributed by atoms with Crippen LogP contribution in [0.3, 0.4) is 0 Å². The third-order valence-electron chi connectivity index (χ3n) is 4.29. The molecule has 0 aliphatic heterocycles. The molecule has 0 bridgehead atoms. The van der Waals surface area contributed by atoms with E-state index in [-0.39, 0.29) is 12.3 Å². The van der Waals surface area contributed by atoms with Gasteiger partial charge in [0.15, 0.2) is 5.58 Å². The standard InChI is InChI=1S/C21H19N3O2S/c1-14-7-8-19-17(9-14)18(24-26-19)11-20(25)22-12-16-13-27-21(23-16)10-15-5-3-2-4-6-15/h2-9,13H,10-12H2,1H3,(H,22,25). The molecule has 1 amide bonds. The Bertz CT molecular complexity index is 1070. The van der Waals surface area contributed by atoms with Gasteiger partial charge < -0.3 is 9.84 Å². The smallest absolute Gasteiger partial charge is 0.226 e. The van der Waals surface area contributed by atoms with Crippen LogP contribution in [-0.4, -0.2) is 16.0 Å². The Morgan fingerprint density at radius 1 is 1.19 bits per heavy atom. The number of hydrogen-bond donors (Lipinski definition) is 1. The number of amides is 1. The Balaban J connectivity index is 1.34. The summed E-state index contributed by atoms with van der Waals surface area (Å²) in [7, 11) is 0. The Labute approximate surface area is 161 Å². The predicted molar refractivity (Wildman–Crippen MR) is 106 cm³/mol. The number of rotatable bonds is 6. The number of thiazole rings is 1. The van der Waals surface area contributed by atoms with Crippen molar-refractivity contribution in [3.8, 4) is 0 Å². The summed E-state index contributed by atoms with van der Waals surface area (Å²) in [4.78, 5) is 16.9. The lowest BCUT2D eigenvalue weighted by Crippen LogP contribution is -2.24. The van der Waals surface area contributed by atoms with E-state index in [1.807, 2.05) is 48.7 Å². The quantitative estimate of drug-likeness (QED) is 0.551. The molecule has 0 spiro atoms. The molecule has 0 unspecified atom stereocenters. The summed E-state index contributed by atoms with van der Waals surface area (Å²) in [5, 5.41) is 10.9. The van der Waals surface area contributed by atoms with Crippen molar-refractivity contribution < 1.29 is 9.32 Å². The second kappa shape index (κ2) is 7.72. The van der Waals surface area contributed by atoms with Crippen molar-refractivity contribution in [3.63, 3.8) is 0 Å². The SMILES string of the molecule is Cc1ccc2onc(CC(=O)NCc3csc(Cc4ccccc4)n3)c2c1. The number of nitrogens with zero attached hydrogens (tertiary/aromatic N) is 2. The first-order chi connectivity index (χ1) is 13.2. The zero-order chi connectivity index (χ0) is 18.6. The highest BCUT2D eigenvalue weighted by Crippen LogP contribution is 2.20. The summed E-state index contributed by atoms with van der Waals surface area (Å²) in [5.74, 6) is -0.0932. The molecule has 1 N–H and O–H groups in total. The zero-order valence-corrected chi connectivity index (χ0v) is 15.8. The number of nitrogens with one attached hydrogen (secondary N) is 1. The molecular formula is C21H19N3O2S. The van der Waals surface area contributed by atoms with E-state index in [0.29, 0.717) is 17.8 Å². The van der Waals surface area contributed by atoms with Crippen LogP contribution in [-0.2, 0) is 24.2 Å². The minimum absolute atomic E-state index is 0.0932. The van der Waals surface area contributed by atoms with Gasteiger partial charge in [0.1, 0.15) is 5.69 Å². The van der Waals surface area contributed by atoms with Gasteiger partial charge in [0, 0.05) is 17.2 Å². The van der Waals surface area contributed by atoms with Crippen LogP contribution in [0.4, 0.5) is 0 Å². The van der Waals surface area contributed by atoms with Gasteiger partial charge in [-0.25, -0.2) is 4.98 Å². The van der Waals surface area contributed by atoms with E-state index in [4.69, 9.17) is 4.52 Å². The molecule has 6 heteroatoms. The summed E-state index contributed by atoms with van der Waals surface area (Å²) in [6.45, 7) is 2.42. The molecule has 4 rings (SSSR count).